The van der Waals surface area contributed by atoms with Crippen LogP contribution in [0, 0.1) is 5.92 Å². The van der Waals surface area contributed by atoms with E-state index < -0.39 is 15.6 Å². The van der Waals surface area contributed by atoms with Gasteiger partial charge in [0.2, 0.25) is 10.0 Å². The summed E-state index contributed by atoms with van der Waals surface area (Å²) in [5, 5.41) is 0.592. The monoisotopic (exact) mass is 383 g/mol. The van der Waals surface area contributed by atoms with E-state index in [-0.39, 0.29) is 10.9 Å². The first-order chi connectivity index (χ1) is 12.9. The van der Waals surface area contributed by atoms with Gasteiger partial charge in [-0.15, -0.1) is 0 Å². The molecule has 1 aromatic heterocycles. The summed E-state index contributed by atoms with van der Waals surface area (Å²) < 4.78 is 33.6. The smallest absolute Gasteiger partial charge is 0.336 e. The molecule has 1 atom stereocenters. The molecule has 0 saturated heterocycles. The minimum Gasteiger partial charge on any atom is -0.423 e. The van der Waals surface area contributed by atoms with Crippen LogP contribution in [0.5, 0.6) is 0 Å². The van der Waals surface area contributed by atoms with Crippen molar-refractivity contribution in [2.45, 2.75) is 37.2 Å². The van der Waals surface area contributed by atoms with E-state index in [1.807, 2.05) is 37.3 Å². The van der Waals surface area contributed by atoms with Gasteiger partial charge in [0.15, 0.2) is 0 Å². The zero-order valence-corrected chi connectivity index (χ0v) is 15.9. The maximum atomic E-state index is 13.5. The van der Waals surface area contributed by atoms with Gasteiger partial charge in [0.05, 0.1) is 4.90 Å². The molecule has 3 aromatic rings. The summed E-state index contributed by atoms with van der Waals surface area (Å²) in [5.41, 5.74) is 0.887. The first-order valence-corrected chi connectivity index (χ1v) is 10.5. The second-order valence-electron chi connectivity index (χ2n) is 7.07. The molecule has 1 aliphatic rings. The van der Waals surface area contributed by atoms with Crippen LogP contribution in [0.1, 0.15) is 25.3 Å². The van der Waals surface area contributed by atoms with Crippen LogP contribution in [0.15, 0.2) is 74.8 Å². The Kier molecular flexibility index (Phi) is 4.61. The van der Waals surface area contributed by atoms with Gasteiger partial charge in [-0.3, -0.25) is 0 Å². The molecule has 0 N–H and O–H groups in total. The van der Waals surface area contributed by atoms with Crippen molar-refractivity contribution in [3.8, 4) is 0 Å². The molecule has 4 rings (SSSR count). The second-order valence-corrected chi connectivity index (χ2v) is 8.96. The molecule has 1 saturated carbocycles. The Morgan fingerprint density at radius 2 is 1.81 bits per heavy atom. The third kappa shape index (κ3) is 3.68. The molecule has 1 aliphatic carbocycles. The predicted molar refractivity (Wildman–Crippen MR) is 104 cm³/mol. The number of benzene rings is 2. The number of hydrogen-bond donors (Lipinski definition) is 0. The van der Waals surface area contributed by atoms with Crippen molar-refractivity contribution < 1.29 is 12.8 Å². The van der Waals surface area contributed by atoms with Crippen LogP contribution >= 0.6 is 0 Å². The quantitative estimate of drug-likeness (QED) is 0.608. The van der Waals surface area contributed by atoms with Crippen molar-refractivity contribution >= 4 is 21.0 Å². The van der Waals surface area contributed by atoms with Crippen molar-refractivity contribution in [3.63, 3.8) is 0 Å². The molecular formula is C21H21NO4S. The van der Waals surface area contributed by atoms with Gasteiger partial charge in [-0.2, -0.15) is 4.31 Å². The minimum atomic E-state index is -3.69. The molecule has 2 aromatic carbocycles. The molecular weight excluding hydrogens is 362 g/mol. The summed E-state index contributed by atoms with van der Waals surface area (Å²) in [6.45, 7) is 2.32. The molecule has 1 heterocycles. The Bertz CT molecular complexity index is 1120. The van der Waals surface area contributed by atoms with Crippen molar-refractivity contribution in [2.75, 3.05) is 0 Å². The molecule has 0 unspecified atom stereocenters. The summed E-state index contributed by atoms with van der Waals surface area (Å²) in [6.07, 6.45) is 2.12. The van der Waals surface area contributed by atoms with Crippen LogP contribution in [0.2, 0.25) is 0 Å². The fourth-order valence-electron chi connectivity index (χ4n) is 3.37. The Balaban J connectivity index is 1.75. The van der Waals surface area contributed by atoms with Gasteiger partial charge in [-0.05, 0) is 55.5 Å². The number of nitrogens with zero attached hydrogens (tertiary/aromatic N) is 1. The molecule has 0 radical (unpaired) electrons. The van der Waals surface area contributed by atoms with Crippen LogP contribution in [-0.4, -0.2) is 18.8 Å². The van der Waals surface area contributed by atoms with Gasteiger partial charge in [-0.25, -0.2) is 13.2 Å². The average Bonchev–Trinajstić information content (AvgIpc) is 3.51. The number of sulfonamides is 1. The van der Waals surface area contributed by atoms with Crippen LogP contribution in [0.3, 0.4) is 0 Å². The van der Waals surface area contributed by atoms with Crippen LogP contribution in [0.4, 0.5) is 0 Å². The van der Waals surface area contributed by atoms with E-state index >= 15 is 0 Å². The zero-order chi connectivity index (χ0) is 19.0. The van der Waals surface area contributed by atoms with Gasteiger partial charge >= 0.3 is 5.63 Å². The summed E-state index contributed by atoms with van der Waals surface area (Å²) in [6, 6.07) is 17.1. The van der Waals surface area contributed by atoms with Crippen LogP contribution in [0.25, 0.3) is 11.0 Å². The summed E-state index contributed by atoms with van der Waals surface area (Å²) in [5.74, 6) is 0.405. The summed E-state index contributed by atoms with van der Waals surface area (Å²) >= 11 is 0. The normalized spacial score (nSPS) is 15.9. The highest BCUT2D eigenvalue weighted by Crippen LogP contribution is 2.38. The molecule has 0 spiro atoms. The Morgan fingerprint density at radius 3 is 2.52 bits per heavy atom. The van der Waals surface area contributed by atoms with Crippen LogP contribution in [-0.2, 0) is 16.6 Å². The van der Waals surface area contributed by atoms with Crippen molar-refractivity contribution in [2.24, 2.45) is 5.92 Å². The third-order valence-corrected chi connectivity index (χ3v) is 7.07. The highest BCUT2D eigenvalue weighted by Gasteiger charge is 2.38. The molecule has 0 amide bonds. The second kappa shape index (κ2) is 6.94. The van der Waals surface area contributed by atoms with Crippen molar-refractivity contribution in [1.29, 1.82) is 0 Å². The Hall–Kier alpha value is -2.44. The Morgan fingerprint density at radius 1 is 1.07 bits per heavy atom. The fourth-order valence-corrected chi connectivity index (χ4v) is 5.09. The maximum Gasteiger partial charge on any atom is 0.336 e. The fraction of sp³-hybridized carbons (Fsp3) is 0.286. The van der Waals surface area contributed by atoms with E-state index in [4.69, 9.17) is 4.42 Å². The van der Waals surface area contributed by atoms with Gasteiger partial charge in [0, 0.05) is 24.0 Å². The van der Waals surface area contributed by atoms with E-state index in [2.05, 4.69) is 0 Å². The van der Waals surface area contributed by atoms with Gasteiger partial charge < -0.3 is 4.42 Å². The molecule has 1 fully saturated rings. The number of rotatable bonds is 6. The molecule has 0 bridgehead atoms. The molecule has 140 valence electrons. The van der Waals surface area contributed by atoms with E-state index in [1.165, 1.54) is 12.1 Å². The lowest BCUT2D eigenvalue weighted by Crippen LogP contribution is -2.39. The maximum absolute atomic E-state index is 13.5. The highest BCUT2D eigenvalue weighted by atomic mass is 32.2. The predicted octanol–water partition coefficient (Wildman–Crippen LogP) is 3.78. The zero-order valence-electron chi connectivity index (χ0n) is 15.0. The lowest BCUT2D eigenvalue weighted by molar-refractivity contribution is 0.303. The standard InChI is InChI=1S/C21H21NO4S/c1-15(17-7-8-17)22(14-16-5-3-2-4-6-16)27(24,25)19-10-11-20-18(13-19)9-12-21(23)26-20/h2-6,9-13,15,17H,7-8,14H2,1H3/t15-/m0/s1. The third-order valence-electron chi connectivity index (χ3n) is 5.14. The summed E-state index contributed by atoms with van der Waals surface area (Å²) in [7, 11) is -3.69. The van der Waals surface area contributed by atoms with E-state index in [0.717, 1.165) is 18.4 Å². The first kappa shape index (κ1) is 17.9. The average molecular weight is 383 g/mol. The van der Waals surface area contributed by atoms with Gasteiger partial charge in [0.1, 0.15) is 5.58 Å². The topological polar surface area (TPSA) is 67.6 Å². The van der Waals surface area contributed by atoms with Crippen molar-refractivity contribution in [3.05, 3.63) is 76.6 Å². The van der Waals surface area contributed by atoms with Crippen LogP contribution < -0.4 is 5.63 Å². The number of fused-ring (bicyclic) bond motifs is 1. The summed E-state index contributed by atoms with van der Waals surface area (Å²) in [4.78, 5) is 11.6. The number of hydrogen-bond acceptors (Lipinski definition) is 4. The molecule has 6 heteroatoms. The van der Waals surface area contributed by atoms with Gasteiger partial charge in [0.25, 0.3) is 0 Å². The molecule has 27 heavy (non-hydrogen) atoms. The lowest BCUT2D eigenvalue weighted by Gasteiger charge is -2.28. The molecule has 0 aliphatic heterocycles. The first-order valence-electron chi connectivity index (χ1n) is 9.05. The molecule has 5 nitrogen and oxygen atoms in total. The minimum absolute atomic E-state index is 0.0698. The highest BCUT2D eigenvalue weighted by molar-refractivity contribution is 7.89. The van der Waals surface area contributed by atoms with E-state index in [1.54, 1.807) is 22.5 Å². The van der Waals surface area contributed by atoms with E-state index in [9.17, 15) is 13.2 Å². The van der Waals surface area contributed by atoms with E-state index in [0.29, 0.717) is 23.4 Å². The largest absolute Gasteiger partial charge is 0.423 e. The Labute approximate surface area is 158 Å². The lowest BCUT2D eigenvalue weighted by atomic mass is 10.2. The van der Waals surface area contributed by atoms with Gasteiger partial charge in [-0.1, -0.05) is 30.3 Å². The SMILES string of the molecule is C[C@@H](C1CC1)N(Cc1ccccc1)S(=O)(=O)c1ccc2oc(=O)ccc2c1. The van der Waals surface area contributed by atoms with Crippen molar-refractivity contribution in [1.82, 2.24) is 4.31 Å².